The Bertz CT molecular complexity index is 776. The Morgan fingerprint density at radius 3 is 2.88 bits per heavy atom. The van der Waals surface area contributed by atoms with Gasteiger partial charge in [0.1, 0.15) is 17.4 Å². The number of hydrogen-bond acceptors (Lipinski definition) is 6. The van der Waals surface area contributed by atoms with Crippen molar-refractivity contribution in [1.82, 2.24) is 25.5 Å². The number of hydrogen-bond donors (Lipinski definition) is 2. The summed E-state index contributed by atoms with van der Waals surface area (Å²) in [6, 6.07) is 3.81. The molecule has 0 saturated heterocycles. The van der Waals surface area contributed by atoms with Crippen LogP contribution in [0.5, 0.6) is 5.75 Å². The second-order valence-corrected chi connectivity index (χ2v) is 6.52. The molecule has 2 N–H and O–H groups in total. The van der Waals surface area contributed by atoms with Gasteiger partial charge in [0.25, 0.3) is 0 Å². The van der Waals surface area contributed by atoms with Crippen molar-refractivity contribution in [2.24, 2.45) is 5.92 Å². The lowest BCUT2D eigenvalue weighted by Crippen LogP contribution is -2.41. The highest BCUT2D eigenvalue weighted by molar-refractivity contribution is 5.76. The number of aliphatic hydroxyl groups is 1. The van der Waals surface area contributed by atoms with Crippen LogP contribution >= 0.6 is 0 Å². The Kier molecular flexibility index (Phi) is 5.46. The molecule has 1 heterocycles. The van der Waals surface area contributed by atoms with E-state index in [1.807, 2.05) is 0 Å². The van der Waals surface area contributed by atoms with Gasteiger partial charge in [-0.1, -0.05) is 0 Å². The number of benzene rings is 1. The number of halogens is 1. The number of aryl methyl sites for hydroxylation is 2. The van der Waals surface area contributed by atoms with Crippen molar-refractivity contribution in [3.05, 3.63) is 35.4 Å². The number of nitrogens with one attached hydrogen (secondary N) is 1. The minimum absolute atomic E-state index is 0.0272. The summed E-state index contributed by atoms with van der Waals surface area (Å²) in [6.45, 7) is 2.11. The molecule has 140 valence electrons. The van der Waals surface area contributed by atoms with Crippen LogP contribution in [0, 0.1) is 18.7 Å². The molecular formula is C17H22FN5O3. The Morgan fingerprint density at radius 2 is 2.27 bits per heavy atom. The van der Waals surface area contributed by atoms with Crippen LogP contribution in [0.4, 0.5) is 4.39 Å². The summed E-state index contributed by atoms with van der Waals surface area (Å²) in [6.07, 6.45) is 0.908. The zero-order chi connectivity index (χ0) is 18.7. The first-order chi connectivity index (χ1) is 12.5. The highest BCUT2D eigenvalue weighted by Gasteiger charge is 2.37. The second kappa shape index (κ2) is 7.77. The van der Waals surface area contributed by atoms with Gasteiger partial charge in [0.15, 0.2) is 0 Å². The van der Waals surface area contributed by atoms with Gasteiger partial charge in [-0.2, -0.15) is 0 Å². The van der Waals surface area contributed by atoms with Gasteiger partial charge in [-0.3, -0.25) is 4.79 Å². The fourth-order valence-corrected chi connectivity index (χ4v) is 3.21. The fraction of sp³-hybridized carbons (Fsp3) is 0.529. The molecule has 1 atom stereocenters. The quantitative estimate of drug-likeness (QED) is 0.765. The standard InChI is InChI=1S/C17H22FN5O3/c1-10-20-21-22-23(10)6-5-16(25)19-17(11-7-13(24)8-11)14-9-12(18)3-4-15(14)26-2/h3-4,9,11,13,17,24H,5-8H2,1-2H3,(H,19,25). The molecule has 8 nitrogen and oxygen atoms in total. The molecule has 1 unspecified atom stereocenters. The van der Waals surface area contributed by atoms with Crippen LogP contribution in [0.15, 0.2) is 18.2 Å². The monoisotopic (exact) mass is 363 g/mol. The summed E-state index contributed by atoms with van der Waals surface area (Å²) in [4.78, 5) is 12.5. The molecule has 0 spiro atoms. The molecule has 0 aliphatic heterocycles. The highest BCUT2D eigenvalue weighted by atomic mass is 19.1. The van der Waals surface area contributed by atoms with Gasteiger partial charge in [-0.25, -0.2) is 9.07 Å². The summed E-state index contributed by atoms with van der Waals surface area (Å²) < 4.78 is 20.7. The van der Waals surface area contributed by atoms with Gasteiger partial charge in [0, 0.05) is 12.0 Å². The first kappa shape index (κ1) is 18.2. The zero-order valence-electron chi connectivity index (χ0n) is 14.7. The number of carbonyl (C=O) groups excluding carboxylic acids is 1. The smallest absolute Gasteiger partial charge is 0.222 e. The predicted octanol–water partition coefficient (Wildman–Crippen LogP) is 1.15. The summed E-state index contributed by atoms with van der Waals surface area (Å²) in [5.41, 5.74) is 0.580. The predicted molar refractivity (Wildman–Crippen MR) is 89.7 cm³/mol. The molecule has 3 rings (SSSR count). The minimum Gasteiger partial charge on any atom is -0.496 e. The van der Waals surface area contributed by atoms with E-state index in [1.54, 1.807) is 17.7 Å². The van der Waals surface area contributed by atoms with Gasteiger partial charge in [-0.05, 0) is 54.3 Å². The van der Waals surface area contributed by atoms with E-state index in [2.05, 4.69) is 20.8 Å². The van der Waals surface area contributed by atoms with E-state index in [9.17, 15) is 14.3 Å². The van der Waals surface area contributed by atoms with Crippen LogP contribution in [0.25, 0.3) is 0 Å². The first-order valence-electron chi connectivity index (χ1n) is 8.51. The van der Waals surface area contributed by atoms with E-state index in [0.29, 0.717) is 36.5 Å². The summed E-state index contributed by atoms with van der Waals surface area (Å²) in [5.74, 6) is 0.568. The van der Waals surface area contributed by atoms with Crippen LogP contribution < -0.4 is 10.1 Å². The number of amides is 1. The Hall–Kier alpha value is -2.55. The zero-order valence-corrected chi connectivity index (χ0v) is 14.7. The number of nitrogens with zero attached hydrogens (tertiary/aromatic N) is 4. The van der Waals surface area contributed by atoms with Crippen molar-refractivity contribution in [3.63, 3.8) is 0 Å². The van der Waals surface area contributed by atoms with E-state index in [4.69, 9.17) is 4.74 Å². The van der Waals surface area contributed by atoms with Crippen LogP contribution in [0.3, 0.4) is 0 Å². The Morgan fingerprint density at radius 1 is 1.50 bits per heavy atom. The van der Waals surface area contributed by atoms with Gasteiger partial charge in [0.05, 0.1) is 25.8 Å². The van der Waals surface area contributed by atoms with Crippen LogP contribution in [0.1, 0.15) is 36.7 Å². The lowest BCUT2D eigenvalue weighted by molar-refractivity contribution is -0.123. The van der Waals surface area contributed by atoms with E-state index in [1.165, 1.54) is 19.2 Å². The lowest BCUT2D eigenvalue weighted by Gasteiger charge is -2.38. The molecule has 1 saturated carbocycles. The van der Waals surface area contributed by atoms with Crippen LogP contribution in [0.2, 0.25) is 0 Å². The third kappa shape index (κ3) is 3.98. The third-order valence-corrected chi connectivity index (χ3v) is 4.73. The molecule has 1 aliphatic carbocycles. The third-order valence-electron chi connectivity index (χ3n) is 4.73. The van der Waals surface area contributed by atoms with Crippen molar-refractivity contribution < 1.29 is 19.0 Å². The van der Waals surface area contributed by atoms with Crippen molar-refractivity contribution >= 4 is 5.91 Å². The number of tetrazole rings is 1. The summed E-state index contributed by atoms with van der Waals surface area (Å²) >= 11 is 0. The summed E-state index contributed by atoms with van der Waals surface area (Å²) in [5, 5.41) is 23.7. The molecule has 1 aliphatic rings. The van der Waals surface area contributed by atoms with Gasteiger partial charge in [0.2, 0.25) is 5.91 Å². The van der Waals surface area contributed by atoms with Crippen molar-refractivity contribution in [3.8, 4) is 5.75 Å². The molecule has 1 aromatic heterocycles. The van der Waals surface area contributed by atoms with E-state index >= 15 is 0 Å². The Labute approximate surface area is 150 Å². The Balaban J connectivity index is 1.73. The molecule has 26 heavy (non-hydrogen) atoms. The number of aliphatic hydroxyl groups excluding tert-OH is 1. The molecule has 0 radical (unpaired) electrons. The normalized spacial score (nSPS) is 20.3. The molecule has 1 fully saturated rings. The maximum absolute atomic E-state index is 13.8. The van der Waals surface area contributed by atoms with Gasteiger partial charge in [-0.15, -0.1) is 5.10 Å². The summed E-state index contributed by atoms with van der Waals surface area (Å²) in [7, 11) is 1.51. The number of rotatable bonds is 7. The number of methoxy groups -OCH3 is 1. The van der Waals surface area contributed by atoms with Crippen LogP contribution in [-0.2, 0) is 11.3 Å². The van der Waals surface area contributed by atoms with Crippen molar-refractivity contribution in [2.75, 3.05) is 7.11 Å². The van der Waals surface area contributed by atoms with E-state index in [0.717, 1.165) is 0 Å². The second-order valence-electron chi connectivity index (χ2n) is 6.52. The average Bonchev–Trinajstić information content (AvgIpc) is 3.00. The number of ether oxygens (including phenoxy) is 1. The van der Waals surface area contributed by atoms with Crippen molar-refractivity contribution in [1.29, 1.82) is 0 Å². The molecule has 1 amide bonds. The molecule has 0 bridgehead atoms. The van der Waals surface area contributed by atoms with Gasteiger partial charge < -0.3 is 15.2 Å². The number of carbonyl (C=O) groups is 1. The van der Waals surface area contributed by atoms with E-state index in [-0.39, 0.29) is 24.3 Å². The molecule has 2 aromatic rings. The minimum atomic E-state index is -0.425. The molecule has 9 heteroatoms. The maximum Gasteiger partial charge on any atom is 0.222 e. The first-order valence-corrected chi connectivity index (χ1v) is 8.51. The maximum atomic E-state index is 13.8. The van der Waals surface area contributed by atoms with Crippen LogP contribution in [-0.4, -0.2) is 44.4 Å². The molecular weight excluding hydrogens is 341 g/mol. The molecule has 1 aromatic carbocycles. The van der Waals surface area contributed by atoms with Gasteiger partial charge >= 0.3 is 0 Å². The fourth-order valence-electron chi connectivity index (χ4n) is 3.21. The average molecular weight is 363 g/mol. The largest absolute Gasteiger partial charge is 0.496 e. The number of aromatic nitrogens is 4. The highest BCUT2D eigenvalue weighted by Crippen LogP contribution is 2.41. The van der Waals surface area contributed by atoms with Crippen molar-refractivity contribution in [2.45, 2.75) is 44.9 Å². The SMILES string of the molecule is COc1ccc(F)cc1C(NC(=O)CCn1nnnc1C)C1CC(O)C1. The lowest BCUT2D eigenvalue weighted by atomic mass is 9.74. The van der Waals surface area contributed by atoms with E-state index < -0.39 is 11.9 Å². The topological polar surface area (TPSA) is 102 Å².